The molecule has 2 rings (SSSR count). The molecule has 0 radical (unpaired) electrons. The van der Waals surface area contributed by atoms with Crippen molar-refractivity contribution in [1.82, 2.24) is 0 Å². The zero-order valence-corrected chi connectivity index (χ0v) is 12.2. The Hall–Kier alpha value is -0.540. The van der Waals surface area contributed by atoms with Crippen LogP contribution in [0.2, 0.25) is 0 Å². The normalized spacial score (nSPS) is 21.5. The van der Waals surface area contributed by atoms with Gasteiger partial charge in [0.25, 0.3) is 0 Å². The predicted octanol–water partition coefficient (Wildman–Crippen LogP) is 3.78. The van der Waals surface area contributed by atoms with Crippen LogP contribution in [0, 0.1) is 19.8 Å². The second kappa shape index (κ2) is 5.40. The van der Waals surface area contributed by atoms with E-state index in [4.69, 9.17) is 9.47 Å². The summed E-state index contributed by atoms with van der Waals surface area (Å²) in [6, 6.07) is 4.42. The summed E-state index contributed by atoms with van der Waals surface area (Å²) in [4.78, 5) is 0.383. The first-order chi connectivity index (χ1) is 8.13. The van der Waals surface area contributed by atoms with Gasteiger partial charge in [0.1, 0.15) is 5.75 Å². The van der Waals surface area contributed by atoms with Gasteiger partial charge in [-0.3, -0.25) is 0 Å². The molecule has 2 atom stereocenters. The maximum atomic E-state index is 5.45. The molecule has 1 aromatic rings. The molecule has 17 heavy (non-hydrogen) atoms. The SMILES string of the molecule is COc1c(C)cc(C(Br)C2CCOC2)cc1C. The lowest BCUT2D eigenvalue weighted by Gasteiger charge is -2.19. The Morgan fingerprint density at radius 3 is 2.47 bits per heavy atom. The van der Waals surface area contributed by atoms with Gasteiger partial charge in [-0.2, -0.15) is 0 Å². The van der Waals surface area contributed by atoms with Gasteiger partial charge in [0.2, 0.25) is 0 Å². The van der Waals surface area contributed by atoms with Crippen molar-refractivity contribution >= 4 is 15.9 Å². The van der Waals surface area contributed by atoms with E-state index in [2.05, 4.69) is 41.9 Å². The van der Waals surface area contributed by atoms with Crippen molar-refractivity contribution in [2.24, 2.45) is 5.92 Å². The van der Waals surface area contributed by atoms with E-state index in [1.165, 1.54) is 16.7 Å². The maximum Gasteiger partial charge on any atom is 0.124 e. The number of ether oxygens (including phenoxy) is 2. The van der Waals surface area contributed by atoms with Gasteiger partial charge in [-0.15, -0.1) is 0 Å². The van der Waals surface area contributed by atoms with Crippen molar-refractivity contribution in [1.29, 1.82) is 0 Å². The lowest BCUT2D eigenvalue weighted by Crippen LogP contribution is -2.08. The lowest BCUT2D eigenvalue weighted by molar-refractivity contribution is 0.185. The minimum Gasteiger partial charge on any atom is -0.496 e. The summed E-state index contributed by atoms with van der Waals surface area (Å²) in [5.74, 6) is 1.58. The van der Waals surface area contributed by atoms with Gasteiger partial charge in [0.05, 0.1) is 13.7 Å². The van der Waals surface area contributed by atoms with E-state index < -0.39 is 0 Å². The molecule has 0 amide bonds. The van der Waals surface area contributed by atoms with Crippen LogP contribution in [0.25, 0.3) is 0 Å². The molecule has 0 N–H and O–H groups in total. The third-order valence-electron chi connectivity index (χ3n) is 3.38. The van der Waals surface area contributed by atoms with Crippen LogP contribution < -0.4 is 4.74 Å². The number of benzene rings is 1. The molecule has 0 bridgehead atoms. The van der Waals surface area contributed by atoms with Gasteiger partial charge >= 0.3 is 0 Å². The van der Waals surface area contributed by atoms with Crippen molar-refractivity contribution in [2.45, 2.75) is 25.1 Å². The second-order valence-corrected chi connectivity index (χ2v) is 5.70. The molecular weight excluding hydrogens is 280 g/mol. The van der Waals surface area contributed by atoms with Gasteiger partial charge in [0.15, 0.2) is 0 Å². The van der Waals surface area contributed by atoms with E-state index in [0.29, 0.717) is 10.7 Å². The van der Waals surface area contributed by atoms with Crippen molar-refractivity contribution in [2.75, 3.05) is 20.3 Å². The average Bonchev–Trinajstić information content (AvgIpc) is 2.81. The molecule has 0 spiro atoms. The highest BCUT2D eigenvalue weighted by atomic mass is 79.9. The number of halogens is 1. The third kappa shape index (κ3) is 2.66. The lowest BCUT2D eigenvalue weighted by atomic mass is 9.95. The molecule has 2 nitrogen and oxygen atoms in total. The summed E-state index contributed by atoms with van der Waals surface area (Å²) in [5.41, 5.74) is 3.73. The summed E-state index contributed by atoms with van der Waals surface area (Å²) >= 11 is 3.81. The molecule has 1 heterocycles. The van der Waals surface area contributed by atoms with Crippen LogP contribution in [0.1, 0.15) is 27.9 Å². The maximum absolute atomic E-state index is 5.45. The molecule has 1 aromatic carbocycles. The van der Waals surface area contributed by atoms with Crippen LogP contribution in [-0.2, 0) is 4.74 Å². The summed E-state index contributed by atoms with van der Waals surface area (Å²) in [5, 5.41) is 0. The monoisotopic (exact) mass is 298 g/mol. The van der Waals surface area contributed by atoms with Gasteiger partial charge < -0.3 is 9.47 Å². The number of hydrogen-bond acceptors (Lipinski definition) is 2. The van der Waals surface area contributed by atoms with Crippen LogP contribution in [0.5, 0.6) is 5.75 Å². The fraction of sp³-hybridized carbons (Fsp3) is 0.571. The Bertz CT molecular complexity index is 374. The number of hydrogen-bond donors (Lipinski definition) is 0. The third-order valence-corrected chi connectivity index (χ3v) is 4.66. The summed E-state index contributed by atoms with van der Waals surface area (Å²) < 4.78 is 10.8. The predicted molar refractivity (Wildman–Crippen MR) is 73.1 cm³/mol. The van der Waals surface area contributed by atoms with Gasteiger partial charge in [-0.1, -0.05) is 28.1 Å². The van der Waals surface area contributed by atoms with Crippen molar-refractivity contribution in [3.8, 4) is 5.75 Å². The van der Waals surface area contributed by atoms with E-state index in [1.54, 1.807) is 7.11 Å². The first-order valence-corrected chi connectivity index (χ1v) is 6.92. The van der Waals surface area contributed by atoms with Crippen LogP contribution in [0.4, 0.5) is 0 Å². The minimum atomic E-state index is 0.383. The molecule has 1 aliphatic rings. The summed E-state index contributed by atoms with van der Waals surface area (Å²) in [7, 11) is 1.73. The average molecular weight is 299 g/mol. The van der Waals surface area contributed by atoms with E-state index in [-0.39, 0.29) is 0 Å². The first-order valence-electron chi connectivity index (χ1n) is 6.00. The first kappa shape index (κ1) is 12.9. The van der Waals surface area contributed by atoms with E-state index in [9.17, 15) is 0 Å². The Morgan fingerprint density at radius 2 is 2.00 bits per heavy atom. The molecule has 0 saturated carbocycles. The molecular formula is C14H19BrO2. The van der Waals surface area contributed by atoms with Gasteiger partial charge in [-0.25, -0.2) is 0 Å². The zero-order chi connectivity index (χ0) is 12.4. The molecule has 1 aliphatic heterocycles. The highest BCUT2D eigenvalue weighted by Crippen LogP contribution is 2.38. The van der Waals surface area contributed by atoms with E-state index in [0.717, 1.165) is 25.4 Å². The van der Waals surface area contributed by atoms with Crippen LogP contribution in [0.3, 0.4) is 0 Å². The quantitative estimate of drug-likeness (QED) is 0.791. The Morgan fingerprint density at radius 1 is 1.35 bits per heavy atom. The largest absolute Gasteiger partial charge is 0.496 e. The van der Waals surface area contributed by atoms with Crippen molar-refractivity contribution in [3.05, 3.63) is 28.8 Å². The van der Waals surface area contributed by atoms with Crippen LogP contribution in [-0.4, -0.2) is 20.3 Å². The number of rotatable bonds is 3. The van der Waals surface area contributed by atoms with Crippen molar-refractivity contribution < 1.29 is 9.47 Å². The number of alkyl halides is 1. The fourth-order valence-electron chi connectivity index (χ4n) is 2.52. The van der Waals surface area contributed by atoms with Crippen molar-refractivity contribution in [3.63, 3.8) is 0 Å². The summed E-state index contributed by atoms with van der Waals surface area (Å²) in [6.45, 7) is 5.95. The highest BCUT2D eigenvalue weighted by Gasteiger charge is 2.25. The van der Waals surface area contributed by atoms with E-state index in [1.807, 2.05) is 0 Å². The molecule has 2 unspecified atom stereocenters. The molecule has 94 valence electrons. The zero-order valence-electron chi connectivity index (χ0n) is 10.6. The standard InChI is InChI=1S/C14H19BrO2/c1-9-6-12(7-10(2)14(9)16-3)13(15)11-4-5-17-8-11/h6-7,11,13H,4-5,8H2,1-3H3. The van der Waals surface area contributed by atoms with Gasteiger partial charge in [0, 0.05) is 17.4 Å². The Balaban J connectivity index is 2.26. The Labute approximate surface area is 111 Å². The van der Waals surface area contributed by atoms with E-state index >= 15 is 0 Å². The molecule has 1 fully saturated rings. The summed E-state index contributed by atoms with van der Waals surface area (Å²) in [6.07, 6.45) is 1.14. The fourth-order valence-corrected chi connectivity index (χ4v) is 3.20. The van der Waals surface area contributed by atoms with Crippen LogP contribution in [0.15, 0.2) is 12.1 Å². The topological polar surface area (TPSA) is 18.5 Å². The van der Waals surface area contributed by atoms with Gasteiger partial charge in [-0.05, 0) is 37.0 Å². The highest BCUT2D eigenvalue weighted by molar-refractivity contribution is 9.09. The molecule has 0 aliphatic carbocycles. The number of methoxy groups -OCH3 is 1. The smallest absolute Gasteiger partial charge is 0.124 e. The van der Waals surface area contributed by atoms with Crippen LogP contribution >= 0.6 is 15.9 Å². The molecule has 0 aromatic heterocycles. The minimum absolute atomic E-state index is 0.383. The number of aryl methyl sites for hydroxylation is 2. The second-order valence-electron chi connectivity index (χ2n) is 4.71. The molecule has 1 saturated heterocycles. The molecule has 3 heteroatoms. The Kier molecular flexibility index (Phi) is 4.10.